The largest absolute Gasteiger partial charge is 0.342 e. The van der Waals surface area contributed by atoms with Gasteiger partial charge in [-0.3, -0.25) is 4.79 Å². The van der Waals surface area contributed by atoms with Crippen LogP contribution in [0.3, 0.4) is 0 Å². The van der Waals surface area contributed by atoms with Gasteiger partial charge in [0.15, 0.2) is 0 Å². The number of piperidine rings is 1. The number of hydrogen-bond acceptors (Lipinski definition) is 4. The molecule has 1 heterocycles. The van der Waals surface area contributed by atoms with Gasteiger partial charge in [0.25, 0.3) is 10.2 Å². The molecule has 8 heteroatoms. The van der Waals surface area contributed by atoms with Gasteiger partial charge in [-0.1, -0.05) is 6.42 Å². The van der Waals surface area contributed by atoms with Gasteiger partial charge in [-0.2, -0.15) is 8.42 Å². The zero-order valence-corrected chi connectivity index (χ0v) is 13.1. The lowest BCUT2D eigenvalue weighted by Gasteiger charge is -2.36. The first kappa shape index (κ1) is 16.7. The molecule has 0 aromatic rings. The Hall–Kier alpha value is -0.700. The summed E-state index contributed by atoms with van der Waals surface area (Å²) in [5.74, 6) is 0.363. The predicted octanol–water partition coefficient (Wildman–Crippen LogP) is -0.464. The minimum Gasteiger partial charge on any atom is -0.342 e. The molecule has 0 aromatic carbocycles. The van der Waals surface area contributed by atoms with Crippen LogP contribution >= 0.6 is 0 Å². The van der Waals surface area contributed by atoms with Crippen molar-refractivity contribution in [2.24, 2.45) is 22.7 Å². The van der Waals surface area contributed by atoms with Crippen molar-refractivity contribution >= 4 is 16.1 Å². The molecule has 0 aromatic heterocycles. The van der Waals surface area contributed by atoms with Gasteiger partial charge >= 0.3 is 0 Å². The first-order valence-corrected chi connectivity index (χ1v) is 9.21. The minimum atomic E-state index is -3.66. The van der Waals surface area contributed by atoms with E-state index in [1.165, 1.54) is 0 Å². The van der Waals surface area contributed by atoms with Gasteiger partial charge in [-0.05, 0) is 38.0 Å². The highest BCUT2D eigenvalue weighted by Gasteiger charge is 2.31. The lowest BCUT2D eigenvalue weighted by Crippen LogP contribution is -2.47. The molecule has 21 heavy (non-hydrogen) atoms. The second kappa shape index (κ2) is 7.04. The number of amides is 1. The van der Waals surface area contributed by atoms with Crippen molar-refractivity contribution in [2.45, 2.75) is 44.6 Å². The number of nitrogens with one attached hydrogen (secondary N) is 1. The molecule has 0 spiro atoms. The monoisotopic (exact) mass is 318 g/mol. The Labute approximate surface area is 126 Å². The topological polar surface area (TPSA) is 119 Å². The summed E-state index contributed by atoms with van der Waals surface area (Å²) in [6, 6.07) is 0.136. The Bertz CT molecular complexity index is 468. The SMILES string of the molecule is NC1CCCC(C(=O)N2CCCC(CNS(N)(=O)=O)C2)C1. The van der Waals surface area contributed by atoms with Crippen LogP contribution in [0, 0.1) is 11.8 Å². The van der Waals surface area contributed by atoms with Crippen LogP contribution in [0.25, 0.3) is 0 Å². The second-order valence-corrected chi connectivity index (χ2v) is 7.69. The van der Waals surface area contributed by atoms with E-state index in [1.54, 1.807) is 0 Å². The van der Waals surface area contributed by atoms with E-state index in [1.807, 2.05) is 4.90 Å². The molecule has 1 aliphatic carbocycles. The third-order valence-electron chi connectivity index (χ3n) is 4.47. The third-order valence-corrected chi connectivity index (χ3v) is 5.04. The van der Waals surface area contributed by atoms with Crippen LogP contribution in [0.1, 0.15) is 38.5 Å². The van der Waals surface area contributed by atoms with E-state index < -0.39 is 10.2 Å². The van der Waals surface area contributed by atoms with Crippen LogP contribution in [-0.4, -0.2) is 44.9 Å². The highest BCUT2D eigenvalue weighted by atomic mass is 32.2. The molecule has 1 aliphatic heterocycles. The number of nitrogens with zero attached hydrogens (tertiary/aromatic N) is 1. The maximum atomic E-state index is 12.6. The van der Waals surface area contributed by atoms with Gasteiger partial charge in [0.1, 0.15) is 0 Å². The summed E-state index contributed by atoms with van der Waals surface area (Å²) >= 11 is 0. The average molecular weight is 318 g/mol. The molecule has 1 saturated carbocycles. The van der Waals surface area contributed by atoms with Gasteiger partial charge in [0, 0.05) is 31.6 Å². The van der Waals surface area contributed by atoms with Crippen LogP contribution in [0.15, 0.2) is 0 Å². The van der Waals surface area contributed by atoms with Crippen LogP contribution in [0.2, 0.25) is 0 Å². The summed E-state index contributed by atoms with van der Waals surface area (Å²) in [5.41, 5.74) is 5.95. The third kappa shape index (κ3) is 5.21. The molecule has 7 nitrogen and oxygen atoms in total. The lowest BCUT2D eigenvalue weighted by atomic mass is 9.84. The van der Waals surface area contributed by atoms with Crippen molar-refractivity contribution in [3.63, 3.8) is 0 Å². The van der Waals surface area contributed by atoms with Crippen molar-refractivity contribution in [3.05, 3.63) is 0 Å². The molecule has 5 N–H and O–H groups in total. The zero-order chi connectivity index (χ0) is 15.5. The summed E-state index contributed by atoms with van der Waals surface area (Å²) in [6.45, 7) is 1.66. The fourth-order valence-corrected chi connectivity index (χ4v) is 3.84. The molecule has 3 atom stereocenters. The van der Waals surface area contributed by atoms with Gasteiger partial charge < -0.3 is 10.6 Å². The smallest absolute Gasteiger partial charge is 0.274 e. The van der Waals surface area contributed by atoms with Crippen molar-refractivity contribution < 1.29 is 13.2 Å². The van der Waals surface area contributed by atoms with Gasteiger partial charge in [0.05, 0.1) is 0 Å². The molecule has 0 bridgehead atoms. The second-order valence-electron chi connectivity index (χ2n) is 6.31. The van der Waals surface area contributed by atoms with E-state index in [2.05, 4.69) is 4.72 Å². The van der Waals surface area contributed by atoms with Crippen molar-refractivity contribution in [1.82, 2.24) is 9.62 Å². The first-order valence-electron chi connectivity index (χ1n) is 7.67. The van der Waals surface area contributed by atoms with Crippen molar-refractivity contribution in [1.29, 1.82) is 0 Å². The maximum absolute atomic E-state index is 12.6. The highest BCUT2D eigenvalue weighted by Crippen LogP contribution is 2.27. The van der Waals surface area contributed by atoms with E-state index in [-0.39, 0.29) is 23.8 Å². The summed E-state index contributed by atoms with van der Waals surface area (Å²) in [7, 11) is -3.66. The molecule has 1 amide bonds. The maximum Gasteiger partial charge on any atom is 0.274 e. The number of likely N-dealkylation sites (tertiary alicyclic amines) is 1. The quantitative estimate of drug-likeness (QED) is 0.649. The fourth-order valence-electron chi connectivity index (χ4n) is 3.38. The number of rotatable bonds is 4. The molecular weight excluding hydrogens is 292 g/mol. The summed E-state index contributed by atoms with van der Waals surface area (Å²) < 4.78 is 24.2. The highest BCUT2D eigenvalue weighted by molar-refractivity contribution is 7.87. The van der Waals surface area contributed by atoms with Gasteiger partial charge in [-0.15, -0.1) is 0 Å². The molecule has 1 saturated heterocycles. The summed E-state index contributed by atoms with van der Waals surface area (Å²) in [4.78, 5) is 14.4. The van der Waals surface area contributed by atoms with Crippen LogP contribution in [0.5, 0.6) is 0 Å². The van der Waals surface area contributed by atoms with Crippen molar-refractivity contribution in [2.75, 3.05) is 19.6 Å². The average Bonchev–Trinajstić information content (AvgIpc) is 2.44. The van der Waals surface area contributed by atoms with Crippen LogP contribution < -0.4 is 15.6 Å². The Balaban J connectivity index is 1.86. The molecule has 2 fully saturated rings. The predicted molar refractivity (Wildman–Crippen MR) is 80.3 cm³/mol. The van der Waals surface area contributed by atoms with Crippen molar-refractivity contribution in [3.8, 4) is 0 Å². The minimum absolute atomic E-state index is 0.0405. The normalized spacial score (nSPS) is 31.1. The Morgan fingerprint density at radius 2 is 2.00 bits per heavy atom. The number of hydrogen-bond donors (Lipinski definition) is 3. The molecule has 0 radical (unpaired) electrons. The molecule has 122 valence electrons. The zero-order valence-electron chi connectivity index (χ0n) is 12.3. The molecule has 2 aliphatic rings. The van der Waals surface area contributed by atoms with Crippen LogP contribution in [-0.2, 0) is 15.0 Å². The summed E-state index contributed by atoms with van der Waals surface area (Å²) in [6.07, 6.45) is 5.53. The standard InChI is InChI=1S/C13H26N4O3S/c14-12-5-1-4-11(7-12)13(18)17-6-2-3-10(9-17)8-16-21(15,19)20/h10-12,16H,1-9,14H2,(H2,15,19,20). The van der Waals surface area contributed by atoms with Gasteiger partial charge in [0.2, 0.25) is 5.91 Å². The van der Waals surface area contributed by atoms with E-state index in [9.17, 15) is 13.2 Å². The van der Waals surface area contributed by atoms with E-state index in [0.29, 0.717) is 13.1 Å². The van der Waals surface area contributed by atoms with E-state index in [0.717, 1.165) is 45.1 Å². The number of carbonyl (C=O) groups is 1. The lowest BCUT2D eigenvalue weighted by molar-refractivity contribution is -0.138. The molecular formula is C13H26N4O3S. The van der Waals surface area contributed by atoms with Gasteiger partial charge in [-0.25, -0.2) is 9.86 Å². The fraction of sp³-hybridized carbons (Fsp3) is 0.923. The Kier molecular flexibility index (Phi) is 5.59. The molecule has 2 rings (SSSR count). The van der Waals surface area contributed by atoms with E-state index in [4.69, 9.17) is 10.9 Å². The Morgan fingerprint density at radius 1 is 1.24 bits per heavy atom. The number of nitrogens with two attached hydrogens (primary N) is 2. The molecule has 3 unspecified atom stereocenters. The van der Waals surface area contributed by atoms with E-state index >= 15 is 0 Å². The first-order chi connectivity index (χ1) is 9.85. The Morgan fingerprint density at radius 3 is 2.67 bits per heavy atom. The van der Waals surface area contributed by atoms with Crippen LogP contribution in [0.4, 0.5) is 0 Å². The number of carbonyl (C=O) groups excluding carboxylic acids is 1. The summed E-state index contributed by atoms with van der Waals surface area (Å²) in [5, 5.41) is 4.95.